The second-order valence-corrected chi connectivity index (χ2v) is 6.34. The fraction of sp³-hybridized carbons (Fsp3) is 0.667. The third kappa shape index (κ3) is 2.60. The van der Waals surface area contributed by atoms with Gasteiger partial charge in [0, 0.05) is 13.1 Å². The van der Waals surface area contributed by atoms with E-state index in [2.05, 4.69) is 23.7 Å². The van der Waals surface area contributed by atoms with Crippen molar-refractivity contribution in [3.05, 3.63) is 10.6 Å². The zero-order chi connectivity index (χ0) is 12.6. The standard InChI is InChI=1S/C12H18N2O2S/c1-8-9(10(15)16)17-11(13-8)14-6-4-12(2,3)5-7-14/h4-7H2,1-3H3,(H,15,16). The Morgan fingerprint density at radius 1 is 1.41 bits per heavy atom. The summed E-state index contributed by atoms with van der Waals surface area (Å²) in [6.07, 6.45) is 2.27. The SMILES string of the molecule is Cc1nc(N2CCC(C)(C)CC2)sc1C(=O)O. The summed E-state index contributed by atoms with van der Waals surface area (Å²) in [6.45, 7) is 8.26. The molecule has 0 saturated carbocycles. The number of rotatable bonds is 2. The second-order valence-electron chi connectivity index (χ2n) is 5.37. The minimum Gasteiger partial charge on any atom is -0.477 e. The largest absolute Gasteiger partial charge is 0.477 e. The lowest BCUT2D eigenvalue weighted by molar-refractivity contribution is 0.0701. The fourth-order valence-corrected chi connectivity index (χ4v) is 2.98. The highest BCUT2D eigenvalue weighted by atomic mass is 32.1. The maximum atomic E-state index is 11.0. The number of hydrogen-bond donors (Lipinski definition) is 1. The van der Waals surface area contributed by atoms with E-state index in [4.69, 9.17) is 5.11 Å². The van der Waals surface area contributed by atoms with Gasteiger partial charge in [-0.1, -0.05) is 25.2 Å². The van der Waals surface area contributed by atoms with Crippen LogP contribution in [0.25, 0.3) is 0 Å². The normalized spacial score (nSPS) is 19.4. The number of aromatic nitrogens is 1. The van der Waals surface area contributed by atoms with E-state index in [1.807, 2.05) is 0 Å². The molecule has 1 saturated heterocycles. The van der Waals surface area contributed by atoms with Gasteiger partial charge in [0.25, 0.3) is 0 Å². The first-order valence-corrected chi connectivity index (χ1v) is 6.66. The minimum atomic E-state index is -0.872. The number of carbonyl (C=O) groups is 1. The lowest BCUT2D eigenvalue weighted by Gasteiger charge is -2.36. The quantitative estimate of drug-likeness (QED) is 0.881. The van der Waals surface area contributed by atoms with Crippen molar-refractivity contribution in [1.29, 1.82) is 0 Å². The van der Waals surface area contributed by atoms with Crippen molar-refractivity contribution >= 4 is 22.4 Å². The van der Waals surface area contributed by atoms with Crippen LogP contribution in [-0.4, -0.2) is 29.1 Å². The smallest absolute Gasteiger partial charge is 0.347 e. The van der Waals surface area contributed by atoms with Crippen LogP contribution in [0.1, 0.15) is 42.1 Å². The zero-order valence-electron chi connectivity index (χ0n) is 10.5. The van der Waals surface area contributed by atoms with Gasteiger partial charge in [0.2, 0.25) is 0 Å². The maximum absolute atomic E-state index is 11.0. The third-order valence-corrected chi connectivity index (χ3v) is 4.57. The molecule has 2 rings (SSSR count). The van der Waals surface area contributed by atoms with Crippen molar-refractivity contribution in [2.24, 2.45) is 5.41 Å². The van der Waals surface area contributed by atoms with E-state index < -0.39 is 5.97 Å². The van der Waals surface area contributed by atoms with Gasteiger partial charge in [0.15, 0.2) is 5.13 Å². The van der Waals surface area contributed by atoms with Crippen molar-refractivity contribution in [3.8, 4) is 0 Å². The molecule has 1 fully saturated rings. The Hall–Kier alpha value is -1.10. The van der Waals surface area contributed by atoms with Gasteiger partial charge in [-0.15, -0.1) is 0 Å². The van der Waals surface area contributed by atoms with Crippen LogP contribution < -0.4 is 4.90 Å². The predicted octanol–water partition coefficient (Wildman–Crippen LogP) is 2.78. The zero-order valence-corrected chi connectivity index (χ0v) is 11.3. The Bertz CT molecular complexity index is 430. The number of carboxylic acids is 1. The van der Waals surface area contributed by atoms with Crippen LogP contribution in [0.15, 0.2) is 0 Å². The molecule has 1 aromatic heterocycles. The molecule has 17 heavy (non-hydrogen) atoms. The Labute approximate surface area is 105 Å². The number of aromatic carboxylic acids is 1. The number of thiazole rings is 1. The Kier molecular flexibility index (Phi) is 3.12. The molecule has 0 amide bonds. The molecule has 0 atom stereocenters. The number of anilines is 1. The van der Waals surface area contributed by atoms with Gasteiger partial charge >= 0.3 is 5.97 Å². The third-order valence-electron chi connectivity index (χ3n) is 3.37. The molecule has 4 nitrogen and oxygen atoms in total. The van der Waals surface area contributed by atoms with Crippen molar-refractivity contribution in [3.63, 3.8) is 0 Å². The Morgan fingerprint density at radius 2 is 2.00 bits per heavy atom. The summed E-state index contributed by atoms with van der Waals surface area (Å²) in [5.74, 6) is -0.872. The molecule has 0 radical (unpaired) electrons. The number of piperidine rings is 1. The van der Waals surface area contributed by atoms with Crippen LogP contribution in [0.2, 0.25) is 0 Å². The van der Waals surface area contributed by atoms with E-state index in [0.29, 0.717) is 16.0 Å². The van der Waals surface area contributed by atoms with Crippen molar-refractivity contribution in [1.82, 2.24) is 4.98 Å². The van der Waals surface area contributed by atoms with Crippen LogP contribution in [0.4, 0.5) is 5.13 Å². The van der Waals surface area contributed by atoms with Gasteiger partial charge in [-0.2, -0.15) is 0 Å². The fourth-order valence-electron chi connectivity index (χ4n) is 2.02. The lowest BCUT2D eigenvalue weighted by atomic mass is 9.83. The van der Waals surface area contributed by atoms with Crippen molar-refractivity contribution in [2.45, 2.75) is 33.6 Å². The number of aryl methyl sites for hydroxylation is 1. The first-order valence-electron chi connectivity index (χ1n) is 5.85. The molecule has 0 unspecified atom stereocenters. The minimum absolute atomic E-state index is 0.366. The van der Waals surface area contributed by atoms with Gasteiger partial charge < -0.3 is 10.0 Å². The monoisotopic (exact) mass is 254 g/mol. The molecule has 5 heteroatoms. The van der Waals surface area contributed by atoms with Crippen molar-refractivity contribution in [2.75, 3.05) is 18.0 Å². The predicted molar refractivity (Wildman–Crippen MR) is 69.0 cm³/mol. The average molecular weight is 254 g/mol. The topological polar surface area (TPSA) is 53.4 Å². The molecular weight excluding hydrogens is 236 g/mol. The Balaban J connectivity index is 2.14. The number of nitrogens with zero attached hydrogens (tertiary/aromatic N) is 2. The van der Waals surface area contributed by atoms with Crippen LogP contribution in [0.3, 0.4) is 0 Å². The summed E-state index contributed by atoms with van der Waals surface area (Å²) in [6, 6.07) is 0. The molecule has 0 spiro atoms. The highest BCUT2D eigenvalue weighted by Crippen LogP contribution is 2.34. The molecule has 1 aromatic rings. The number of hydrogen-bond acceptors (Lipinski definition) is 4. The van der Waals surface area contributed by atoms with E-state index in [1.165, 1.54) is 11.3 Å². The lowest BCUT2D eigenvalue weighted by Crippen LogP contribution is -2.37. The van der Waals surface area contributed by atoms with E-state index in [-0.39, 0.29) is 0 Å². The van der Waals surface area contributed by atoms with Gasteiger partial charge in [-0.25, -0.2) is 9.78 Å². The first kappa shape index (κ1) is 12.4. The highest BCUT2D eigenvalue weighted by Gasteiger charge is 2.27. The van der Waals surface area contributed by atoms with Gasteiger partial charge in [0.05, 0.1) is 5.69 Å². The molecule has 0 aromatic carbocycles. The average Bonchev–Trinajstić information content (AvgIpc) is 2.60. The summed E-state index contributed by atoms with van der Waals surface area (Å²) in [5, 5.41) is 9.87. The van der Waals surface area contributed by atoms with Gasteiger partial charge in [-0.3, -0.25) is 0 Å². The molecular formula is C12H18N2O2S. The van der Waals surface area contributed by atoms with Crippen LogP contribution in [0.5, 0.6) is 0 Å². The van der Waals surface area contributed by atoms with Crippen LogP contribution >= 0.6 is 11.3 Å². The molecule has 1 N–H and O–H groups in total. The summed E-state index contributed by atoms with van der Waals surface area (Å²) in [4.78, 5) is 17.9. The first-order chi connectivity index (χ1) is 7.89. The maximum Gasteiger partial charge on any atom is 0.347 e. The van der Waals surface area contributed by atoms with E-state index in [1.54, 1.807) is 6.92 Å². The van der Waals surface area contributed by atoms with Gasteiger partial charge in [-0.05, 0) is 25.2 Å². The van der Waals surface area contributed by atoms with E-state index in [9.17, 15) is 4.79 Å². The van der Waals surface area contributed by atoms with Crippen LogP contribution in [-0.2, 0) is 0 Å². The molecule has 1 aliphatic rings. The summed E-state index contributed by atoms with van der Waals surface area (Å²) < 4.78 is 0. The second kappa shape index (κ2) is 4.29. The molecule has 2 heterocycles. The van der Waals surface area contributed by atoms with Crippen LogP contribution in [0, 0.1) is 12.3 Å². The van der Waals surface area contributed by atoms with Gasteiger partial charge in [0.1, 0.15) is 4.88 Å². The molecule has 1 aliphatic heterocycles. The molecule has 94 valence electrons. The summed E-state index contributed by atoms with van der Waals surface area (Å²) in [7, 11) is 0. The van der Waals surface area contributed by atoms with E-state index >= 15 is 0 Å². The Morgan fingerprint density at radius 3 is 2.47 bits per heavy atom. The van der Waals surface area contributed by atoms with E-state index in [0.717, 1.165) is 31.1 Å². The molecule has 0 bridgehead atoms. The highest BCUT2D eigenvalue weighted by molar-refractivity contribution is 7.17. The summed E-state index contributed by atoms with van der Waals surface area (Å²) >= 11 is 1.29. The van der Waals surface area contributed by atoms with Crippen molar-refractivity contribution < 1.29 is 9.90 Å². The number of carboxylic acid groups (broad SMARTS) is 1. The summed E-state index contributed by atoms with van der Waals surface area (Å²) in [5.41, 5.74) is 1.03. The molecule has 0 aliphatic carbocycles.